The van der Waals surface area contributed by atoms with E-state index in [2.05, 4.69) is 24.3 Å². The van der Waals surface area contributed by atoms with Crippen LogP contribution in [0.1, 0.15) is 64.2 Å². The van der Waals surface area contributed by atoms with Crippen molar-refractivity contribution >= 4 is 5.78 Å². The molecule has 0 spiro atoms. The molecule has 0 aliphatic heterocycles. The molecule has 0 aromatic rings. The van der Waals surface area contributed by atoms with Crippen molar-refractivity contribution in [2.24, 2.45) is 10.8 Å². The molecule has 1 aliphatic rings. The lowest BCUT2D eigenvalue weighted by molar-refractivity contribution is -0.135. The van der Waals surface area contributed by atoms with E-state index in [4.69, 9.17) is 21.0 Å². The Bertz CT molecular complexity index is 481. The number of nitriles is 4. The van der Waals surface area contributed by atoms with Gasteiger partial charge < -0.3 is 0 Å². The van der Waals surface area contributed by atoms with Gasteiger partial charge in [-0.2, -0.15) is 21.0 Å². The molecule has 0 bridgehead atoms. The third kappa shape index (κ3) is 3.63. The zero-order chi connectivity index (χ0) is 16.5. The van der Waals surface area contributed by atoms with E-state index in [0.717, 1.165) is 0 Å². The van der Waals surface area contributed by atoms with Gasteiger partial charge >= 0.3 is 0 Å². The molecule has 0 unspecified atom stereocenters. The molecule has 1 saturated carbocycles. The highest BCUT2D eigenvalue weighted by molar-refractivity contribution is 5.92. The first-order valence-corrected chi connectivity index (χ1v) is 7.63. The van der Waals surface area contributed by atoms with Crippen LogP contribution in [0.4, 0.5) is 0 Å². The average Bonchev–Trinajstić information content (AvgIpc) is 2.81. The van der Waals surface area contributed by atoms with Gasteiger partial charge in [-0.1, -0.05) is 0 Å². The van der Waals surface area contributed by atoms with Crippen molar-refractivity contribution in [3.63, 3.8) is 0 Å². The van der Waals surface area contributed by atoms with Gasteiger partial charge in [-0.05, 0) is 38.5 Å². The fourth-order valence-electron chi connectivity index (χ4n) is 3.65. The van der Waals surface area contributed by atoms with Crippen LogP contribution >= 0.6 is 0 Å². The van der Waals surface area contributed by atoms with Gasteiger partial charge in [-0.25, -0.2) is 0 Å². The summed E-state index contributed by atoms with van der Waals surface area (Å²) < 4.78 is 0. The molecule has 0 amide bonds. The lowest BCUT2D eigenvalue weighted by Crippen LogP contribution is -2.36. The summed E-state index contributed by atoms with van der Waals surface area (Å²) in [4.78, 5) is 13.1. The van der Waals surface area contributed by atoms with Crippen LogP contribution in [0.15, 0.2) is 0 Å². The fourth-order valence-corrected chi connectivity index (χ4v) is 3.65. The first kappa shape index (κ1) is 17.7. The van der Waals surface area contributed by atoms with Crippen molar-refractivity contribution in [3.8, 4) is 24.3 Å². The van der Waals surface area contributed by atoms with E-state index in [0.29, 0.717) is 64.2 Å². The number of Topliss-reactive ketones (excluding diaryl/α,β-unsaturated/α-hetero) is 1. The van der Waals surface area contributed by atoms with E-state index in [9.17, 15) is 4.79 Å². The van der Waals surface area contributed by atoms with Crippen molar-refractivity contribution in [2.45, 2.75) is 64.2 Å². The number of hydrogen-bond donors (Lipinski definition) is 0. The molecule has 5 nitrogen and oxygen atoms in total. The van der Waals surface area contributed by atoms with Gasteiger partial charge in [0.25, 0.3) is 0 Å². The van der Waals surface area contributed by atoms with Gasteiger partial charge in [0, 0.05) is 36.5 Å². The molecule has 0 aromatic carbocycles. The fraction of sp³-hybridized carbons (Fsp3) is 0.706. The van der Waals surface area contributed by atoms with Crippen LogP contribution in [-0.2, 0) is 4.79 Å². The molecule has 5 heteroatoms. The Balaban J connectivity index is 3.05. The molecule has 1 aliphatic carbocycles. The van der Waals surface area contributed by atoms with Crippen molar-refractivity contribution < 1.29 is 4.79 Å². The van der Waals surface area contributed by atoms with Gasteiger partial charge in [0.05, 0.1) is 24.3 Å². The summed E-state index contributed by atoms with van der Waals surface area (Å²) in [6, 6.07) is 8.36. The van der Waals surface area contributed by atoms with E-state index in [1.54, 1.807) is 0 Å². The molecule has 0 atom stereocenters. The van der Waals surface area contributed by atoms with E-state index < -0.39 is 10.8 Å². The first-order chi connectivity index (χ1) is 10.6. The van der Waals surface area contributed by atoms with Crippen LogP contribution in [0.2, 0.25) is 0 Å². The Kier molecular flexibility index (Phi) is 6.56. The minimum atomic E-state index is -0.615. The normalized spacial score (nSPS) is 17.9. The Labute approximate surface area is 131 Å². The van der Waals surface area contributed by atoms with Gasteiger partial charge in [-0.3, -0.25) is 4.79 Å². The minimum absolute atomic E-state index is 0.0796. The van der Waals surface area contributed by atoms with Crippen LogP contribution < -0.4 is 0 Å². The molecular weight excluding hydrogens is 276 g/mol. The number of rotatable bonds is 8. The molecule has 0 N–H and O–H groups in total. The SMILES string of the molecule is N#CCCC1(CCC#N)CCC(CCC#N)(CCC#N)C1=O. The Morgan fingerprint density at radius 3 is 1.18 bits per heavy atom. The largest absolute Gasteiger partial charge is 0.298 e. The van der Waals surface area contributed by atoms with Crippen LogP contribution in [0.3, 0.4) is 0 Å². The van der Waals surface area contributed by atoms with Crippen molar-refractivity contribution in [1.29, 1.82) is 21.0 Å². The molecule has 22 heavy (non-hydrogen) atoms. The second kappa shape index (κ2) is 8.17. The van der Waals surface area contributed by atoms with Gasteiger partial charge in [0.2, 0.25) is 0 Å². The first-order valence-electron chi connectivity index (χ1n) is 7.63. The Hall–Kier alpha value is -2.37. The van der Waals surface area contributed by atoms with Crippen LogP contribution in [0.5, 0.6) is 0 Å². The molecule has 114 valence electrons. The Morgan fingerprint density at radius 1 is 0.682 bits per heavy atom. The number of nitrogens with zero attached hydrogens (tertiary/aromatic N) is 4. The maximum absolute atomic E-state index is 13.1. The highest BCUT2D eigenvalue weighted by Gasteiger charge is 2.54. The molecule has 0 aromatic heterocycles. The molecule has 0 heterocycles. The summed E-state index contributed by atoms with van der Waals surface area (Å²) in [5.74, 6) is 0.0796. The molecular formula is C17H20N4O. The zero-order valence-electron chi connectivity index (χ0n) is 12.8. The summed E-state index contributed by atoms with van der Waals surface area (Å²) >= 11 is 0. The average molecular weight is 296 g/mol. The van der Waals surface area contributed by atoms with Gasteiger partial charge in [0.1, 0.15) is 5.78 Å². The highest BCUT2D eigenvalue weighted by atomic mass is 16.1. The summed E-state index contributed by atoms with van der Waals surface area (Å²) in [6.45, 7) is 0. The van der Waals surface area contributed by atoms with Crippen LogP contribution in [0, 0.1) is 56.2 Å². The smallest absolute Gasteiger partial charge is 0.145 e. The number of hydrogen-bond acceptors (Lipinski definition) is 5. The molecule has 1 rings (SSSR count). The summed E-state index contributed by atoms with van der Waals surface area (Å²) in [7, 11) is 0. The monoisotopic (exact) mass is 296 g/mol. The standard InChI is InChI=1S/C17H20N4O/c18-11-1-5-16(6-2-12-19)9-10-17(15(16)22,7-3-13-20)8-4-14-21/h1-10H2. The quantitative estimate of drug-likeness (QED) is 0.679. The highest BCUT2D eigenvalue weighted by Crippen LogP contribution is 2.55. The second-order valence-corrected chi connectivity index (χ2v) is 6.02. The summed E-state index contributed by atoms with van der Waals surface area (Å²) in [5.41, 5.74) is -1.23. The maximum Gasteiger partial charge on any atom is 0.145 e. The number of ketones is 1. The summed E-state index contributed by atoms with van der Waals surface area (Å²) in [6.07, 6.45) is 4.41. The topological polar surface area (TPSA) is 112 Å². The van der Waals surface area contributed by atoms with Crippen molar-refractivity contribution in [1.82, 2.24) is 0 Å². The second-order valence-electron chi connectivity index (χ2n) is 6.02. The molecule has 1 fully saturated rings. The lowest BCUT2D eigenvalue weighted by atomic mass is 9.70. The third-order valence-electron chi connectivity index (χ3n) is 4.91. The lowest BCUT2D eigenvalue weighted by Gasteiger charge is -2.31. The van der Waals surface area contributed by atoms with E-state index in [1.165, 1.54) is 0 Å². The van der Waals surface area contributed by atoms with Gasteiger partial charge in [0.15, 0.2) is 0 Å². The van der Waals surface area contributed by atoms with Crippen LogP contribution in [-0.4, -0.2) is 5.78 Å². The predicted octanol–water partition coefficient (Wildman–Crippen LogP) is 3.54. The van der Waals surface area contributed by atoms with Crippen LogP contribution in [0.25, 0.3) is 0 Å². The van der Waals surface area contributed by atoms with E-state index in [1.807, 2.05) is 0 Å². The number of carbonyl (C=O) groups is 1. The molecule has 0 saturated heterocycles. The van der Waals surface area contributed by atoms with Crippen molar-refractivity contribution in [3.05, 3.63) is 0 Å². The Morgan fingerprint density at radius 2 is 0.955 bits per heavy atom. The summed E-state index contributed by atoms with van der Waals surface area (Å²) in [5, 5.41) is 35.4. The third-order valence-corrected chi connectivity index (χ3v) is 4.91. The van der Waals surface area contributed by atoms with Crippen molar-refractivity contribution in [2.75, 3.05) is 0 Å². The number of carbonyl (C=O) groups excluding carboxylic acids is 1. The van der Waals surface area contributed by atoms with E-state index >= 15 is 0 Å². The van der Waals surface area contributed by atoms with E-state index in [-0.39, 0.29) is 5.78 Å². The van der Waals surface area contributed by atoms with Gasteiger partial charge in [-0.15, -0.1) is 0 Å². The minimum Gasteiger partial charge on any atom is -0.298 e. The zero-order valence-corrected chi connectivity index (χ0v) is 12.8. The molecule has 0 radical (unpaired) electrons. The maximum atomic E-state index is 13.1. The predicted molar refractivity (Wildman–Crippen MR) is 78.5 cm³/mol.